The van der Waals surface area contributed by atoms with Gasteiger partial charge in [0.15, 0.2) is 0 Å². The third-order valence-corrected chi connectivity index (χ3v) is 5.58. The molecule has 1 heterocycles. The zero-order valence-electron chi connectivity index (χ0n) is 13.7. The summed E-state index contributed by atoms with van der Waals surface area (Å²) in [6.07, 6.45) is 1.79. The van der Waals surface area contributed by atoms with Gasteiger partial charge in [0, 0.05) is 16.9 Å². The first-order chi connectivity index (χ1) is 12.2. The van der Waals surface area contributed by atoms with Crippen LogP contribution in [0.5, 0.6) is 0 Å². The first-order valence-corrected chi connectivity index (χ1v) is 9.38. The highest BCUT2D eigenvalue weighted by Crippen LogP contribution is 2.36. The molecule has 0 unspecified atom stereocenters. The molecule has 0 bridgehead atoms. The van der Waals surface area contributed by atoms with Crippen molar-refractivity contribution in [3.8, 4) is 0 Å². The molecule has 1 aliphatic rings. The van der Waals surface area contributed by atoms with E-state index in [-0.39, 0.29) is 17.7 Å². The zero-order valence-corrected chi connectivity index (χ0v) is 15.3. The first kappa shape index (κ1) is 17.8. The summed E-state index contributed by atoms with van der Waals surface area (Å²) >= 11 is 2.61. The quantitative estimate of drug-likeness (QED) is 0.699. The summed E-state index contributed by atoms with van der Waals surface area (Å²) in [6.45, 7) is 0.616. The Labute approximate surface area is 155 Å². The second-order valence-corrected chi connectivity index (χ2v) is 7.39. The van der Waals surface area contributed by atoms with Crippen molar-refractivity contribution in [3.05, 3.63) is 65.1 Å². The van der Waals surface area contributed by atoms with E-state index in [0.29, 0.717) is 11.5 Å². The summed E-state index contributed by atoms with van der Waals surface area (Å²) in [5.41, 5.74) is 0.925. The van der Waals surface area contributed by atoms with Gasteiger partial charge in [0.1, 0.15) is 0 Å². The van der Waals surface area contributed by atoms with Crippen LogP contribution in [0.4, 0.5) is 4.79 Å². The number of methoxy groups -OCH3 is 1. The number of amides is 2. The van der Waals surface area contributed by atoms with Crippen molar-refractivity contribution >= 4 is 40.7 Å². The van der Waals surface area contributed by atoms with Gasteiger partial charge < -0.3 is 4.74 Å². The molecule has 0 saturated carbocycles. The van der Waals surface area contributed by atoms with Crippen LogP contribution in [0, 0.1) is 0 Å². The van der Waals surface area contributed by atoms with Crippen molar-refractivity contribution < 1.29 is 14.3 Å². The Morgan fingerprint density at radius 2 is 1.80 bits per heavy atom. The summed E-state index contributed by atoms with van der Waals surface area (Å²) in [7, 11) is 1.55. The van der Waals surface area contributed by atoms with E-state index in [2.05, 4.69) is 0 Å². The molecule has 3 rings (SSSR count). The van der Waals surface area contributed by atoms with Crippen molar-refractivity contribution in [1.29, 1.82) is 0 Å². The van der Waals surface area contributed by atoms with E-state index in [9.17, 15) is 9.59 Å². The Kier molecular flexibility index (Phi) is 5.96. The molecular formula is C19H17NO3S2. The Balaban J connectivity index is 1.84. The third kappa shape index (κ3) is 4.34. The highest BCUT2D eigenvalue weighted by molar-refractivity contribution is 8.18. The Bertz CT molecular complexity index is 805. The van der Waals surface area contributed by atoms with Crippen LogP contribution in [0.15, 0.2) is 69.3 Å². The number of carbonyl (C=O) groups excluding carboxylic acids is 2. The van der Waals surface area contributed by atoms with E-state index in [1.807, 2.05) is 54.6 Å². The SMILES string of the molecule is COCCN1C(=O)S/C(=C\c2ccccc2Sc2ccccc2)C1=O. The fourth-order valence-electron chi connectivity index (χ4n) is 2.32. The lowest BCUT2D eigenvalue weighted by atomic mass is 10.2. The maximum Gasteiger partial charge on any atom is 0.293 e. The van der Waals surface area contributed by atoms with E-state index in [0.717, 1.165) is 27.1 Å². The molecule has 2 amide bonds. The molecule has 0 spiro atoms. The van der Waals surface area contributed by atoms with Gasteiger partial charge in [-0.3, -0.25) is 14.5 Å². The van der Waals surface area contributed by atoms with Crippen LogP contribution in [0.25, 0.3) is 6.08 Å². The molecule has 25 heavy (non-hydrogen) atoms. The van der Waals surface area contributed by atoms with Crippen LogP contribution in [0.1, 0.15) is 5.56 Å². The van der Waals surface area contributed by atoms with Gasteiger partial charge in [-0.25, -0.2) is 0 Å². The van der Waals surface area contributed by atoms with Crippen molar-refractivity contribution in [2.45, 2.75) is 9.79 Å². The lowest BCUT2D eigenvalue weighted by molar-refractivity contribution is -0.123. The van der Waals surface area contributed by atoms with E-state index in [1.54, 1.807) is 24.9 Å². The summed E-state index contributed by atoms with van der Waals surface area (Å²) < 4.78 is 4.96. The van der Waals surface area contributed by atoms with Crippen LogP contribution < -0.4 is 0 Å². The number of nitrogens with zero attached hydrogens (tertiary/aromatic N) is 1. The summed E-state index contributed by atoms with van der Waals surface area (Å²) in [5.74, 6) is -0.258. The van der Waals surface area contributed by atoms with Gasteiger partial charge in [0.05, 0.1) is 18.1 Å². The van der Waals surface area contributed by atoms with Crippen LogP contribution in [0.3, 0.4) is 0 Å². The summed E-state index contributed by atoms with van der Waals surface area (Å²) in [6, 6.07) is 17.9. The molecule has 4 nitrogen and oxygen atoms in total. The molecule has 0 aromatic heterocycles. The molecule has 6 heteroatoms. The molecule has 128 valence electrons. The normalized spacial score (nSPS) is 16.0. The number of hydrogen-bond donors (Lipinski definition) is 0. The number of carbonyl (C=O) groups is 2. The zero-order chi connectivity index (χ0) is 17.6. The van der Waals surface area contributed by atoms with Gasteiger partial charge in [-0.2, -0.15) is 0 Å². The lowest BCUT2D eigenvalue weighted by Gasteiger charge is -2.11. The maximum absolute atomic E-state index is 12.4. The standard InChI is InChI=1S/C19H17NO3S2/c1-23-12-11-20-18(21)17(25-19(20)22)13-14-7-5-6-10-16(14)24-15-8-3-2-4-9-15/h2-10,13H,11-12H2,1H3/b17-13-. The first-order valence-electron chi connectivity index (χ1n) is 7.75. The van der Waals surface area contributed by atoms with E-state index >= 15 is 0 Å². The molecule has 1 saturated heterocycles. The number of ether oxygens (including phenoxy) is 1. The molecule has 2 aromatic rings. The molecule has 1 aliphatic heterocycles. The van der Waals surface area contributed by atoms with Gasteiger partial charge in [-0.1, -0.05) is 48.2 Å². The number of thioether (sulfide) groups is 1. The topological polar surface area (TPSA) is 46.6 Å². The minimum absolute atomic E-state index is 0.249. The smallest absolute Gasteiger partial charge is 0.293 e. The Hall–Kier alpha value is -2.02. The second-order valence-electron chi connectivity index (χ2n) is 5.28. The highest BCUT2D eigenvalue weighted by Gasteiger charge is 2.34. The average molecular weight is 371 g/mol. The second kappa shape index (κ2) is 8.38. The van der Waals surface area contributed by atoms with Crippen molar-refractivity contribution in [1.82, 2.24) is 4.90 Å². The number of imide groups is 1. The van der Waals surface area contributed by atoms with Crippen LogP contribution in [-0.4, -0.2) is 36.3 Å². The Morgan fingerprint density at radius 3 is 2.56 bits per heavy atom. The molecule has 0 atom stereocenters. The largest absolute Gasteiger partial charge is 0.383 e. The lowest BCUT2D eigenvalue weighted by Crippen LogP contribution is -2.31. The van der Waals surface area contributed by atoms with Crippen molar-refractivity contribution in [2.75, 3.05) is 20.3 Å². The van der Waals surface area contributed by atoms with Gasteiger partial charge in [0.2, 0.25) is 0 Å². The Morgan fingerprint density at radius 1 is 1.08 bits per heavy atom. The molecule has 0 N–H and O–H groups in total. The summed E-state index contributed by atoms with van der Waals surface area (Å²) in [4.78, 5) is 28.3. The minimum Gasteiger partial charge on any atom is -0.383 e. The van der Waals surface area contributed by atoms with E-state index < -0.39 is 0 Å². The van der Waals surface area contributed by atoms with E-state index in [1.165, 1.54) is 4.90 Å². The minimum atomic E-state index is -0.258. The molecule has 1 fully saturated rings. The van der Waals surface area contributed by atoms with Crippen molar-refractivity contribution in [2.24, 2.45) is 0 Å². The van der Waals surface area contributed by atoms with Gasteiger partial charge in [-0.05, 0) is 41.6 Å². The maximum atomic E-state index is 12.4. The fourth-order valence-corrected chi connectivity index (χ4v) is 4.12. The predicted molar refractivity (Wildman–Crippen MR) is 102 cm³/mol. The average Bonchev–Trinajstić information content (AvgIpc) is 2.89. The van der Waals surface area contributed by atoms with Crippen LogP contribution >= 0.6 is 23.5 Å². The van der Waals surface area contributed by atoms with Crippen molar-refractivity contribution in [3.63, 3.8) is 0 Å². The fraction of sp³-hybridized carbons (Fsp3) is 0.158. The number of hydrogen-bond acceptors (Lipinski definition) is 5. The number of rotatable bonds is 6. The molecular weight excluding hydrogens is 354 g/mol. The summed E-state index contributed by atoms with van der Waals surface area (Å²) in [5, 5.41) is -0.249. The van der Waals surface area contributed by atoms with Crippen LogP contribution in [0.2, 0.25) is 0 Å². The predicted octanol–water partition coefficient (Wildman–Crippen LogP) is 4.52. The van der Waals surface area contributed by atoms with Gasteiger partial charge >= 0.3 is 0 Å². The highest BCUT2D eigenvalue weighted by atomic mass is 32.2. The molecule has 0 aliphatic carbocycles. The van der Waals surface area contributed by atoms with Gasteiger partial charge in [0.25, 0.3) is 11.1 Å². The van der Waals surface area contributed by atoms with Gasteiger partial charge in [-0.15, -0.1) is 0 Å². The third-order valence-electron chi connectivity index (χ3n) is 3.57. The number of benzene rings is 2. The molecule has 2 aromatic carbocycles. The monoisotopic (exact) mass is 371 g/mol. The van der Waals surface area contributed by atoms with Crippen LogP contribution in [-0.2, 0) is 9.53 Å². The molecule has 0 radical (unpaired) electrons. The van der Waals surface area contributed by atoms with E-state index in [4.69, 9.17) is 4.74 Å².